The molecule has 1 fully saturated rings. The third kappa shape index (κ3) is 3.10. The first-order valence-electron chi connectivity index (χ1n) is 4.98. The van der Waals surface area contributed by atoms with E-state index in [2.05, 4.69) is 20.4 Å². The lowest BCUT2D eigenvalue weighted by atomic mass is 9.89. The van der Waals surface area contributed by atoms with Crippen molar-refractivity contribution in [3.63, 3.8) is 0 Å². The molecule has 1 saturated heterocycles. The standard InChI is InChI=1S/C10H19NO2S/c1-4-5-14(12,13)8-11-6-10(7-11)9(2)3/h4,9-10H,1,5-8H2,2-3H3. The Morgan fingerprint density at radius 3 is 2.50 bits per heavy atom. The predicted molar refractivity (Wildman–Crippen MR) is 58.8 cm³/mol. The van der Waals surface area contributed by atoms with E-state index in [1.807, 2.05) is 4.90 Å². The molecule has 1 rings (SSSR count). The second kappa shape index (κ2) is 4.45. The summed E-state index contributed by atoms with van der Waals surface area (Å²) in [6.07, 6.45) is 1.45. The second-order valence-electron chi connectivity index (χ2n) is 4.37. The van der Waals surface area contributed by atoms with Crippen LogP contribution in [0.25, 0.3) is 0 Å². The van der Waals surface area contributed by atoms with Crippen molar-refractivity contribution in [3.05, 3.63) is 12.7 Å². The van der Waals surface area contributed by atoms with E-state index in [1.54, 1.807) is 0 Å². The van der Waals surface area contributed by atoms with Gasteiger partial charge in [0.25, 0.3) is 0 Å². The first kappa shape index (κ1) is 11.7. The van der Waals surface area contributed by atoms with Gasteiger partial charge in [0.15, 0.2) is 9.84 Å². The van der Waals surface area contributed by atoms with Crippen molar-refractivity contribution in [2.24, 2.45) is 11.8 Å². The fraction of sp³-hybridized carbons (Fsp3) is 0.800. The first-order chi connectivity index (χ1) is 6.44. The van der Waals surface area contributed by atoms with Gasteiger partial charge in [-0.3, -0.25) is 4.90 Å². The van der Waals surface area contributed by atoms with Gasteiger partial charge in [-0.2, -0.15) is 0 Å². The Morgan fingerprint density at radius 2 is 2.07 bits per heavy atom. The molecule has 0 saturated carbocycles. The third-order valence-corrected chi connectivity index (χ3v) is 4.18. The fourth-order valence-electron chi connectivity index (χ4n) is 1.65. The molecule has 4 heteroatoms. The predicted octanol–water partition coefficient (Wildman–Crippen LogP) is 1.13. The van der Waals surface area contributed by atoms with E-state index in [1.165, 1.54) is 6.08 Å². The normalized spacial score (nSPS) is 19.6. The fourth-order valence-corrected chi connectivity index (χ4v) is 2.88. The summed E-state index contributed by atoms with van der Waals surface area (Å²) in [6, 6.07) is 0. The van der Waals surface area contributed by atoms with Crippen molar-refractivity contribution in [1.82, 2.24) is 4.90 Å². The number of hydrogen-bond acceptors (Lipinski definition) is 3. The summed E-state index contributed by atoms with van der Waals surface area (Å²) < 4.78 is 22.8. The summed E-state index contributed by atoms with van der Waals surface area (Å²) in [5.74, 6) is 1.63. The third-order valence-electron chi connectivity index (χ3n) is 2.68. The van der Waals surface area contributed by atoms with Crippen LogP contribution in [-0.4, -0.2) is 38.0 Å². The van der Waals surface area contributed by atoms with Gasteiger partial charge in [0.2, 0.25) is 0 Å². The Morgan fingerprint density at radius 1 is 1.50 bits per heavy atom. The maximum absolute atomic E-state index is 11.4. The van der Waals surface area contributed by atoms with Gasteiger partial charge in [-0.05, 0) is 11.8 Å². The van der Waals surface area contributed by atoms with Crippen LogP contribution >= 0.6 is 0 Å². The summed E-state index contributed by atoms with van der Waals surface area (Å²) in [5.41, 5.74) is 0. The highest BCUT2D eigenvalue weighted by atomic mass is 32.2. The topological polar surface area (TPSA) is 37.4 Å². The Hall–Kier alpha value is -0.350. The summed E-state index contributed by atoms with van der Waals surface area (Å²) in [6.45, 7) is 9.65. The molecule has 0 unspecified atom stereocenters. The zero-order valence-corrected chi connectivity index (χ0v) is 9.76. The molecule has 0 aliphatic carbocycles. The molecule has 14 heavy (non-hydrogen) atoms. The van der Waals surface area contributed by atoms with Crippen LogP contribution in [0, 0.1) is 11.8 Å². The second-order valence-corrected chi connectivity index (χ2v) is 6.45. The Labute approximate surface area is 86.7 Å². The van der Waals surface area contributed by atoms with Gasteiger partial charge < -0.3 is 0 Å². The highest BCUT2D eigenvalue weighted by Gasteiger charge is 2.31. The number of nitrogens with zero attached hydrogens (tertiary/aromatic N) is 1. The smallest absolute Gasteiger partial charge is 0.166 e. The molecule has 1 aliphatic rings. The van der Waals surface area contributed by atoms with Crippen LogP contribution in [0.5, 0.6) is 0 Å². The molecular weight excluding hydrogens is 198 g/mol. The summed E-state index contributed by atoms with van der Waals surface area (Å²) in [5, 5.41) is 0. The van der Waals surface area contributed by atoms with Gasteiger partial charge in [0.1, 0.15) is 5.88 Å². The molecule has 0 aromatic rings. The van der Waals surface area contributed by atoms with Crippen LogP contribution < -0.4 is 0 Å². The van der Waals surface area contributed by atoms with Gasteiger partial charge >= 0.3 is 0 Å². The van der Waals surface area contributed by atoms with E-state index in [9.17, 15) is 8.42 Å². The summed E-state index contributed by atoms with van der Waals surface area (Å²) in [7, 11) is -2.93. The molecule has 0 amide bonds. The van der Waals surface area contributed by atoms with E-state index in [0.29, 0.717) is 11.8 Å². The highest BCUT2D eigenvalue weighted by Crippen LogP contribution is 2.23. The minimum Gasteiger partial charge on any atom is -0.289 e. The van der Waals surface area contributed by atoms with Gasteiger partial charge in [-0.15, -0.1) is 6.58 Å². The first-order valence-corrected chi connectivity index (χ1v) is 6.80. The lowest BCUT2D eigenvalue weighted by molar-refractivity contribution is 0.0877. The van der Waals surface area contributed by atoms with Crippen molar-refractivity contribution in [3.8, 4) is 0 Å². The minimum atomic E-state index is -2.93. The maximum atomic E-state index is 11.4. The maximum Gasteiger partial charge on any atom is 0.166 e. The number of likely N-dealkylation sites (tertiary alicyclic amines) is 1. The van der Waals surface area contributed by atoms with Crippen molar-refractivity contribution >= 4 is 9.84 Å². The van der Waals surface area contributed by atoms with Crippen LogP contribution in [0.15, 0.2) is 12.7 Å². The van der Waals surface area contributed by atoms with Crippen LogP contribution in [-0.2, 0) is 9.84 Å². The van der Waals surface area contributed by atoms with Crippen molar-refractivity contribution in [2.75, 3.05) is 24.7 Å². The van der Waals surface area contributed by atoms with E-state index in [0.717, 1.165) is 13.1 Å². The van der Waals surface area contributed by atoms with Gasteiger partial charge in [-0.25, -0.2) is 8.42 Å². The number of rotatable bonds is 5. The average molecular weight is 217 g/mol. The molecule has 0 N–H and O–H groups in total. The Balaban J connectivity index is 2.32. The van der Waals surface area contributed by atoms with Crippen LogP contribution in [0.2, 0.25) is 0 Å². The van der Waals surface area contributed by atoms with E-state index in [4.69, 9.17) is 0 Å². The van der Waals surface area contributed by atoms with Crippen LogP contribution in [0.3, 0.4) is 0 Å². The molecule has 0 aromatic heterocycles. The zero-order chi connectivity index (χ0) is 10.8. The molecular formula is C10H19NO2S. The molecule has 0 spiro atoms. The quantitative estimate of drug-likeness (QED) is 0.648. The number of sulfone groups is 1. The molecule has 0 radical (unpaired) electrons. The largest absolute Gasteiger partial charge is 0.289 e. The SMILES string of the molecule is C=CCS(=O)(=O)CN1CC(C(C)C)C1. The molecule has 3 nitrogen and oxygen atoms in total. The van der Waals surface area contributed by atoms with Crippen molar-refractivity contribution in [2.45, 2.75) is 13.8 Å². The van der Waals surface area contributed by atoms with E-state index >= 15 is 0 Å². The number of hydrogen-bond donors (Lipinski definition) is 0. The zero-order valence-electron chi connectivity index (χ0n) is 8.94. The molecule has 0 atom stereocenters. The van der Waals surface area contributed by atoms with Crippen molar-refractivity contribution in [1.29, 1.82) is 0 Å². The highest BCUT2D eigenvalue weighted by molar-refractivity contribution is 7.91. The van der Waals surface area contributed by atoms with E-state index < -0.39 is 9.84 Å². The molecule has 82 valence electrons. The van der Waals surface area contributed by atoms with Crippen LogP contribution in [0.1, 0.15) is 13.8 Å². The van der Waals surface area contributed by atoms with Crippen LogP contribution in [0.4, 0.5) is 0 Å². The molecule has 1 heterocycles. The summed E-state index contributed by atoms with van der Waals surface area (Å²) >= 11 is 0. The van der Waals surface area contributed by atoms with Gasteiger partial charge in [0, 0.05) is 13.1 Å². The molecule has 1 aliphatic heterocycles. The Bertz CT molecular complexity index is 289. The lowest BCUT2D eigenvalue weighted by Gasteiger charge is -2.41. The van der Waals surface area contributed by atoms with Crippen molar-refractivity contribution < 1.29 is 8.42 Å². The summed E-state index contributed by atoms with van der Waals surface area (Å²) in [4.78, 5) is 1.99. The van der Waals surface area contributed by atoms with Gasteiger partial charge in [-0.1, -0.05) is 19.9 Å². The van der Waals surface area contributed by atoms with E-state index in [-0.39, 0.29) is 11.6 Å². The monoisotopic (exact) mass is 217 g/mol. The lowest BCUT2D eigenvalue weighted by Crippen LogP contribution is -2.50. The minimum absolute atomic E-state index is 0.0931. The van der Waals surface area contributed by atoms with Gasteiger partial charge in [0.05, 0.1) is 5.75 Å². The Kier molecular flexibility index (Phi) is 3.72. The molecule has 0 bridgehead atoms. The molecule has 0 aromatic carbocycles. The average Bonchev–Trinajstić information content (AvgIpc) is 1.95.